The van der Waals surface area contributed by atoms with E-state index in [1.165, 1.54) is 5.56 Å². The minimum Gasteiger partial charge on any atom is -0.348 e. The van der Waals surface area contributed by atoms with E-state index in [2.05, 4.69) is 41.8 Å². The second kappa shape index (κ2) is 11.2. The van der Waals surface area contributed by atoms with Crippen LogP contribution in [0.25, 0.3) is 0 Å². The van der Waals surface area contributed by atoms with Crippen LogP contribution in [-0.2, 0) is 13.0 Å². The second-order valence-corrected chi connectivity index (χ2v) is 9.14. The third-order valence-corrected chi connectivity index (χ3v) is 6.56. The fraction of sp³-hybridized carbons (Fsp3) is 0.286. The lowest BCUT2D eigenvalue weighted by molar-refractivity contribution is 0.0950. The summed E-state index contributed by atoms with van der Waals surface area (Å²) in [6.45, 7) is 3.96. The van der Waals surface area contributed by atoms with Crippen molar-refractivity contribution in [3.05, 3.63) is 100 Å². The predicted octanol–water partition coefficient (Wildman–Crippen LogP) is 6.24. The molecule has 1 saturated heterocycles. The Hall–Kier alpha value is -3.31. The van der Waals surface area contributed by atoms with Gasteiger partial charge in [0.1, 0.15) is 0 Å². The lowest BCUT2D eigenvalue weighted by Crippen LogP contribution is -2.41. The first-order valence-electron chi connectivity index (χ1n) is 11.8. The summed E-state index contributed by atoms with van der Waals surface area (Å²) in [5.41, 5.74) is 4.82. The highest BCUT2D eigenvalue weighted by atomic mass is 35.5. The normalized spacial score (nSPS) is 15.6. The van der Waals surface area contributed by atoms with E-state index in [0.29, 0.717) is 30.2 Å². The van der Waals surface area contributed by atoms with E-state index >= 15 is 0 Å². The monoisotopic (exact) mass is 475 g/mol. The molecule has 0 aromatic heterocycles. The van der Waals surface area contributed by atoms with E-state index in [-0.39, 0.29) is 17.9 Å². The molecule has 5 nitrogen and oxygen atoms in total. The van der Waals surface area contributed by atoms with Gasteiger partial charge >= 0.3 is 6.03 Å². The second-order valence-electron chi connectivity index (χ2n) is 8.70. The number of likely N-dealkylation sites (tertiary alicyclic amines) is 1. The Morgan fingerprint density at radius 2 is 1.74 bits per heavy atom. The van der Waals surface area contributed by atoms with E-state index in [9.17, 15) is 9.59 Å². The number of anilines is 1. The zero-order valence-electron chi connectivity index (χ0n) is 19.4. The van der Waals surface area contributed by atoms with E-state index in [0.717, 1.165) is 36.1 Å². The van der Waals surface area contributed by atoms with Crippen LogP contribution in [0.5, 0.6) is 0 Å². The van der Waals surface area contributed by atoms with Gasteiger partial charge in [-0.2, -0.15) is 0 Å². The predicted molar refractivity (Wildman–Crippen MR) is 137 cm³/mol. The Balaban J connectivity index is 1.36. The summed E-state index contributed by atoms with van der Waals surface area (Å²) in [6.07, 6.45) is 2.91. The average Bonchev–Trinajstić information content (AvgIpc) is 2.89. The van der Waals surface area contributed by atoms with Crippen LogP contribution in [0.2, 0.25) is 5.02 Å². The Labute approximate surface area is 206 Å². The van der Waals surface area contributed by atoms with Crippen molar-refractivity contribution < 1.29 is 9.59 Å². The van der Waals surface area contributed by atoms with Crippen LogP contribution in [0.1, 0.15) is 52.7 Å². The molecule has 0 saturated carbocycles. The fourth-order valence-corrected chi connectivity index (χ4v) is 4.41. The first-order valence-corrected chi connectivity index (χ1v) is 12.2. The number of piperidine rings is 1. The van der Waals surface area contributed by atoms with E-state index in [1.807, 2.05) is 29.2 Å². The number of carbonyl (C=O) groups is 2. The maximum atomic E-state index is 12.8. The van der Waals surface area contributed by atoms with Gasteiger partial charge in [0.25, 0.3) is 5.91 Å². The average molecular weight is 476 g/mol. The molecule has 6 heteroatoms. The van der Waals surface area contributed by atoms with Crippen molar-refractivity contribution in [1.29, 1.82) is 0 Å². The molecule has 176 valence electrons. The number of aryl methyl sites for hydroxylation is 1. The highest BCUT2D eigenvalue weighted by Crippen LogP contribution is 2.28. The molecule has 4 rings (SSSR count). The number of carbonyl (C=O) groups excluding carboxylic acids is 2. The number of benzene rings is 3. The van der Waals surface area contributed by atoms with Gasteiger partial charge in [-0.15, -0.1) is 0 Å². The first-order chi connectivity index (χ1) is 16.5. The molecule has 1 aliphatic heterocycles. The molecule has 0 unspecified atom stereocenters. The van der Waals surface area contributed by atoms with Crippen LogP contribution in [0, 0.1) is 0 Å². The molecule has 1 aliphatic rings. The summed E-state index contributed by atoms with van der Waals surface area (Å²) in [5.74, 6) is 0.105. The number of nitrogens with zero attached hydrogens (tertiary/aromatic N) is 1. The number of hydrogen-bond acceptors (Lipinski definition) is 2. The Morgan fingerprint density at radius 1 is 1.00 bits per heavy atom. The number of nitrogens with one attached hydrogen (secondary N) is 2. The van der Waals surface area contributed by atoms with Gasteiger partial charge in [0.2, 0.25) is 0 Å². The zero-order chi connectivity index (χ0) is 23.9. The van der Waals surface area contributed by atoms with Crippen molar-refractivity contribution in [3.63, 3.8) is 0 Å². The number of hydrogen-bond donors (Lipinski definition) is 2. The first kappa shape index (κ1) is 23.8. The van der Waals surface area contributed by atoms with Gasteiger partial charge in [0.15, 0.2) is 0 Å². The molecule has 0 bridgehead atoms. The van der Waals surface area contributed by atoms with Crippen molar-refractivity contribution in [3.8, 4) is 0 Å². The summed E-state index contributed by atoms with van der Waals surface area (Å²) >= 11 is 5.93. The Kier molecular flexibility index (Phi) is 7.86. The number of rotatable bonds is 6. The molecule has 1 fully saturated rings. The number of amides is 3. The quantitative estimate of drug-likeness (QED) is 0.443. The molecule has 0 radical (unpaired) electrons. The highest BCUT2D eigenvalue weighted by Gasteiger charge is 2.25. The van der Waals surface area contributed by atoms with Crippen molar-refractivity contribution in [2.75, 3.05) is 18.4 Å². The van der Waals surface area contributed by atoms with Crippen LogP contribution in [0.4, 0.5) is 10.5 Å². The van der Waals surface area contributed by atoms with Crippen LogP contribution in [0.15, 0.2) is 72.8 Å². The van der Waals surface area contributed by atoms with E-state index in [1.54, 1.807) is 24.3 Å². The summed E-state index contributed by atoms with van der Waals surface area (Å²) < 4.78 is 0. The van der Waals surface area contributed by atoms with Gasteiger partial charge in [0.05, 0.1) is 0 Å². The Morgan fingerprint density at radius 3 is 2.47 bits per heavy atom. The molecule has 2 N–H and O–H groups in total. The van der Waals surface area contributed by atoms with Gasteiger partial charge in [-0.1, -0.05) is 54.9 Å². The summed E-state index contributed by atoms with van der Waals surface area (Å²) in [5, 5.41) is 6.60. The molecule has 3 aromatic carbocycles. The number of halogens is 1. The van der Waals surface area contributed by atoms with Crippen molar-refractivity contribution in [2.24, 2.45) is 0 Å². The SMILES string of the molecule is CCc1ccc(CNC(=O)c2cccc([C@H]3CCCN(C(=O)Nc4ccc(Cl)cc4)C3)c2)cc1. The largest absolute Gasteiger partial charge is 0.348 e. The third kappa shape index (κ3) is 6.17. The molecule has 3 amide bonds. The fourth-order valence-electron chi connectivity index (χ4n) is 4.28. The number of urea groups is 1. The molecule has 3 aromatic rings. The molecular formula is C28H30ClN3O2. The molecule has 1 heterocycles. The molecule has 0 spiro atoms. The van der Waals surface area contributed by atoms with Gasteiger partial charge < -0.3 is 15.5 Å². The maximum absolute atomic E-state index is 12.8. The van der Waals surface area contributed by atoms with E-state index in [4.69, 9.17) is 11.6 Å². The molecule has 0 aliphatic carbocycles. The van der Waals surface area contributed by atoms with Crippen LogP contribution in [-0.4, -0.2) is 29.9 Å². The molecule has 34 heavy (non-hydrogen) atoms. The Bertz CT molecular complexity index is 1130. The van der Waals surface area contributed by atoms with Gasteiger partial charge in [-0.25, -0.2) is 4.79 Å². The third-order valence-electron chi connectivity index (χ3n) is 6.31. The van der Waals surface area contributed by atoms with Gasteiger partial charge in [-0.3, -0.25) is 4.79 Å². The van der Waals surface area contributed by atoms with Crippen molar-refractivity contribution >= 4 is 29.2 Å². The van der Waals surface area contributed by atoms with Crippen molar-refractivity contribution in [2.45, 2.75) is 38.6 Å². The molecule has 1 atom stereocenters. The standard InChI is InChI=1S/C28H30ClN3O2/c1-2-20-8-10-21(11-9-20)18-30-27(33)23-6-3-5-22(17-23)24-7-4-16-32(19-24)28(34)31-26-14-12-25(29)13-15-26/h3,5-6,8-15,17,24H,2,4,7,16,18-19H2,1H3,(H,30,33)(H,31,34)/t24-/m0/s1. The highest BCUT2D eigenvalue weighted by molar-refractivity contribution is 6.30. The van der Waals surface area contributed by atoms with Crippen LogP contribution < -0.4 is 10.6 Å². The summed E-state index contributed by atoms with van der Waals surface area (Å²) in [4.78, 5) is 27.4. The van der Waals surface area contributed by atoms with Gasteiger partial charge in [-0.05, 0) is 72.4 Å². The van der Waals surface area contributed by atoms with Crippen LogP contribution in [0.3, 0.4) is 0 Å². The van der Waals surface area contributed by atoms with Crippen LogP contribution >= 0.6 is 11.6 Å². The summed E-state index contributed by atoms with van der Waals surface area (Å²) in [7, 11) is 0. The minimum absolute atomic E-state index is 0.0884. The van der Waals surface area contributed by atoms with Crippen molar-refractivity contribution in [1.82, 2.24) is 10.2 Å². The maximum Gasteiger partial charge on any atom is 0.321 e. The smallest absolute Gasteiger partial charge is 0.321 e. The topological polar surface area (TPSA) is 61.4 Å². The lowest BCUT2D eigenvalue weighted by Gasteiger charge is -2.33. The summed E-state index contributed by atoms with van der Waals surface area (Å²) in [6, 6.07) is 23.1. The van der Waals surface area contributed by atoms with E-state index < -0.39 is 0 Å². The zero-order valence-corrected chi connectivity index (χ0v) is 20.1. The lowest BCUT2D eigenvalue weighted by atomic mass is 9.89. The minimum atomic E-state index is -0.116. The van der Waals surface area contributed by atoms with Gasteiger partial charge in [0, 0.05) is 41.8 Å². The molecular weight excluding hydrogens is 446 g/mol.